The number of rotatable bonds is 3. The zero-order valence-electron chi connectivity index (χ0n) is 17.9. The lowest BCUT2D eigenvalue weighted by Gasteiger charge is -2.09. The predicted molar refractivity (Wildman–Crippen MR) is 135 cm³/mol. The molecule has 32 heavy (non-hydrogen) atoms. The molecule has 6 rings (SSSR count). The van der Waals surface area contributed by atoms with Crippen molar-refractivity contribution >= 4 is 21.9 Å². The number of benzene rings is 5. The van der Waals surface area contributed by atoms with E-state index in [-0.39, 0.29) is 0 Å². The van der Waals surface area contributed by atoms with Gasteiger partial charge in [0.1, 0.15) is 11.2 Å². The fraction of sp³-hybridized carbons (Fsp3) is 0.0323. The highest BCUT2D eigenvalue weighted by atomic mass is 16.3. The van der Waals surface area contributed by atoms with Crippen LogP contribution in [-0.4, -0.2) is 0 Å². The second kappa shape index (κ2) is 7.55. The number of furan rings is 1. The molecule has 0 amide bonds. The van der Waals surface area contributed by atoms with Crippen LogP contribution in [0.15, 0.2) is 120 Å². The second-order valence-corrected chi connectivity index (χ2v) is 8.32. The SMILES string of the molecule is Cc1cccc(-c2cc(-c3ccccc3)cc3c2oc2ccc(-c4ccccc4)cc23)c1. The summed E-state index contributed by atoms with van der Waals surface area (Å²) in [5, 5.41) is 2.30. The first-order chi connectivity index (χ1) is 15.8. The van der Waals surface area contributed by atoms with Crippen LogP contribution in [-0.2, 0) is 0 Å². The topological polar surface area (TPSA) is 13.1 Å². The maximum Gasteiger partial charge on any atom is 0.143 e. The summed E-state index contributed by atoms with van der Waals surface area (Å²) in [6, 6.07) is 40.7. The van der Waals surface area contributed by atoms with Crippen molar-refractivity contribution in [1.82, 2.24) is 0 Å². The normalized spacial score (nSPS) is 11.3. The van der Waals surface area contributed by atoms with Crippen molar-refractivity contribution in [2.45, 2.75) is 6.92 Å². The van der Waals surface area contributed by atoms with Crippen molar-refractivity contribution in [3.05, 3.63) is 121 Å². The molecule has 0 saturated carbocycles. The molecule has 0 aliphatic carbocycles. The van der Waals surface area contributed by atoms with E-state index in [2.05, 4.69) is 122 Å². The van der Waals surface area contributed by atoms with E-state index in [1.165, 1.54) is 33.4 Å². The number of aryl methyl sites for hydroxylation is 1. The maximum atomic E-state index is 6.46. The molecule has 0 aliphatic rings. The van der Waals surface area contributed by atoms with E-state index < -0.39 is 0 Å². The number of hydrogen-bond donors (Lipinski definition) is 0. The fourth-order valence-electron chi connectivity index (χ4n) is 4.51. The molecule has 0 radical (unpaired) electrons. The van der Waals surface area contributed by atoms with Crippen molar-refractivity contribution in [2.75, 3.05) is 0 Å². The van der Waals surface area contributed by atoms with Gasteiger partial charge < -0.3 is 4.42 Å². The molecule has 0 saturated heterocycles. The molecule has 6 aromatic rings. The van der Waals surface area contributed by atoms with Crippen LogP contribution in [0.4, 0.5) is 0 Å². The molecule has 0 unspecified atom stereocenters. The highest BCUT2D eigenvalue weighted by molar-refractivity contribution is 6.12. The molecule has 152 valence electrons. The zero-order chi connectivity index (χ0) is 21.5. The smallest absolute Gasteiger partial charge is 0.143 e. The summed E-state index contributed by atoms with van der Waals surface area (Å²) in [4.78, 5) is 0. The second-order valence-electron chi connectivity index (χ2n) is 8.32. The van der Waals surface area contributed by atoms with Gasteiger partial charge in [-0.25, -0.2) is 0 Å². The largest absolute Gasteiger partial charge is 0.455 e. The van der Waals surface area contributed by atoms with Crippen molar-refractivity contribution in [2.24, 2.45) is 0 Å². The van der Waals surface area contributed by atoms with Crippen LogP contribution in [0, 0.1) is 6.92 Å². The fourth-order valence-corrected chi connectivity index (χ4v) is 4.51. The van der Waals surface area contributed by atoms with E-state index in [4.69, 9.17) is 4.42 Å². The lowest BCUT2D eigenvalue weighted by molar-refractivity contribution is 0.670. The van der Waals surface area contributed by atoms with E-state index in [1.54, 1.807) is 0 Å². The molecule has 0 N–H and O–H groups in total. The van der Waals surface area contributed by atoms with Gasteiger partial charge in [0.2, 0.25) is 0 Å². The molecule has 1 nitrogen and oxygen atoms in total. The van der Waals surface area contributed by atoms with Crippen LogP contribution in [0.2, 0.25) is 0 Å². The van der Waals surface area contributed by atoms with E-state index in [1.807, 2.05) is 0 Å². The van der Waals surface area contributed by atoms with Crippen LogP contribution in [0.3, 0.4) is 0 Å². The Hall–Kier alpha value is -4.10. The van der Waals surface area contributed by atoms with Crippen molar-refractivity contribution < 1.29 is 4.42 Å². The Morgan fingerprint density at radius 2 is 1.12 bits per heavy atom. The van der Waals surface area contributed by atoms with Crippen molar-refractivity contribution in [1.29, 1.82) is 0 Å². The third kappa shape index (κ3) is 3.19. The average Bonchev–Trinajstić information content (AvgIpc) is 3.22. The van der Waals surface area contributed by atoms with Crippen molar-refractivity contribution in [3.8, 4) is 33.4 Å². The van der Waals surface area contributed by atoms with Gasteiger partial charge in [-0.2, -0.15) is 0 Å². The molecule has 0 bridgehead atoms. The predicted octanol–water partition coefficient (Wildman–Crippen LogP) is 8.90. The van der Waals surface area contributed by atoms with Crippen LogP contribution in [0.5, 0.6) is 0 Å². The van der Waals surface area contributed by atoms with Crippen LogP contribution >= 0.6 is 0 Å². The molecule has 0 aliphatic heterocycles. The summed E-state index contributed by atoms with van der Waals surface area (Å²) in [6.07, 6.45) is 0. The molecule has 0 spiro atoms. The van der Waals surface area contributed by atoms with Crippen LogP contribution in [0.1, 0.15) is 5.56 Å². The quantitative estimate of drug-likeness (QED) is 0.284. The minimum Gasteiger partial charge on any atom is -0.455 e. The minimum absolute atomic E-state index is 0.916. The number of fused-ring (bicyclic) bond motifs is 3. The van der Waals surface area contributed by atoms with Gasteiger partial charge in [0, 0.05) is 16.3 Å². The lowest BCUT2D eigenvalue weighted by atomic mass is 9.94. The van der Waals surface area contributed by atoms with Crippen LogP contribution in [0.25, 0.3) is 55.3 Å². The Kier molecular flexibility index (Phi) is 4.40. The molecule has 1 heteroatoms. The standard InChI is InChI=1S/C31H22O/c1-21-9-8-14-25(17-21)27-19-26(23-12-6-3-7-13-23)20-29-28-18-24(22-10-4-2-5-11-22)15-16-30(28)32-31(27)29/h2-20H,1H3. The summed E-state index contributed by atoms with van der Waals surface area (Å²) >= 11 is 0. The van der Waals surface area contributed by atoms with Gasteiger partial charge in [-0.1, -0.05) is 96.6 Å². The summed E-state index contributed by atoms with van der Waals surface area (Å²) in [5.74, 6) is 0. The monoisotopic (exact) mass is 410 g/mol. The summed E-state index contributed by atoms with van der Waals surface area (Å²) in [7, 11) is 0. The molecule has 0 atom stereocenters. The minimum atomic E-state index is 0.916. The Morgan fingerprint density at radius 1 is 0.469 bits per heavy atom. The molecule has 1 heterocycles. The van der Waals surface area contributed by atoms with E-state index in [0.29, 0.717) is 0 Å². The zero-order valence-corrected chi connectivity index (χ0v) is 17.9. The molecule has 0 fully saturated rings. The first-order valence-electron chi connectivity index (χ1n) is 10.9. The third-order valence-corrected chi connectivity index (χ3v) is 6.11. The van der Waals surface area contributed by atoms with Crippen molar-refractivity contribution in [3.63, 3.8) is 0 Å². The Morgan fingerprint density at radius 3 is 1.84 bits per heavy atom. The van der Waals surface area contributed by atoms with Gasteiger partial charge in [0.15, 0.2) is 0 Å². The summed E-state index contributed by atoms with van der Waals surface area (Å²) in [6.45, 7) is 2.13. The van der Waals surface area contributed by atoms with E-state index >= 15 is 0 Å². The van der Waals surface area contributed by atoms with Gasteiger partial charge in [0.05, 0.1) is 0 Å². The molecular formula is C31H22O. The van der Waals surface area contributed by atoms with E-state index in [9.17, 15) is 0 Å². The van der Waals surface area contributed by atoms with Gasteiger partial charge in [0.25, 0.3) is 0 Å². The summed E-state index contributed by atoms with van der Waals surface area (Å²) in [5.41, 5.74) is 10.2. The lowest BCUT2D eigenvalue weighted by Crippen LogP contribution is -1.84. The Balaban J connectivity index is 1.67. The van der Waals surface area contributed by atoms with Gasteiger partial charge in [-0.3, -0.25) is 0 Å². The molecule has 1 aromatic heterocycles. The maximum absolute atomic E-state index is 6.46. The Bertz CT molecular complexity index is 1560. The first-order valence-corrected chi connectivity index (χ1v) is 10.9. The van der Waals surface area contributed by atoms with Crippen LogP contribution < -0.4 is 0 Å². The highest BCUT2D eigenvalue weighted by Gasteiger charge is 2.16. The Labute approximate surface area is 187 Å². The molecule has 5 aromatic carbocycles. The third-order valence-electron chi connectivity index (χ3n) is 6.11. The summed E-state index contributed by atoms with van der Waals surface area (Å²) < 4.78 is 6.46. The van der Waals surface area contributed by atoms with Gasteiger partial charge >= 0.3 is 0 Å². The highest BCUT2D eigenvalue weighted by Crippen LogP contribution is 2.40. The van der Waals surface area contributed by atoms with Gasteiger partial charge in [-0.15, -0.1) is 0 Å². The number of hydrogen-bond acceptors (Lipinski definition) is 1. The first kappa shape index (κ1) is 18.7. The van der Waals surface area contributed by atoms with E-state index in [0.717, 1.165) is 27.5 Å². The average molecular weight is 411 g/mol. The molecular weight excluding hydrogens is 388 g/mol. The van der Waals surface area contributed by atoms with Gasteiger partial charge in [-0.05, 0) is 59.0 Å².